The Kier molecular flexibility index (Phi) is 7.22. The van der Waals surface area contributed by atoms with Gasteiger partial charge in [-0.25, -0.2) is 14.2 Å². The molecule has 33 heavy (non-hydrogen) atoms. The van der Waals surface area contributed by atoms with Crippen LogP contribution in [0.15, 0.2) is 61.2 Å². The number of alkyl carbamates (subject to hydrolysis) is 1. The molecule has 5 rings (SSSR count). The molecule has 3 heterocycles. The summed E-state index contributed by atoms with van der Waals surface area (Å²) in [6.07, 6.45) is 8.84. The lowest BCUT2D eigenvalue weighted by Gasteiger charge is -2.33. The van der Waals surface area contributed by atoms with Gasteiger partial charge in [-0.1, -0.05) is 18.2 Å². The number of rotatable bonds is 4. The molecule has 1 saturated carbocycles. The molecule has 1 aliphatic heterocycles. The van der Waals surface area contributed by atoms with E-state index in [-0.39, 0.29) is 30.0 Å². The van der Waals surface area contributed by atoms with Crippen molar-refractivity contribution in [2.75, 3.05) is 13.1 Å². The van der Waals surface area contributed by atoms with Crippen molar-refractivity contribution >= 4 is 17.5 Å². The molecular formula is C25H29FN4O3. The van der Waals surface area contributed by atoms with Crippen molar-refractivity contribution in [3.05, 3.63) is 72.6 Å². The van der Waals surface area contributed by atoms with Crippen molar-refractivity contribution in [1.82, 2.24) is 19.6 Å². The highest BCUT2D eigenvalue weighted by Gasteiger charge is 2.32. The molecular weight excluding hydrogens is 423 g/mol. The van der Waals surface area contributed by atoms with E-state index in [9.17, 15) is 14.0 Å². The summed E-state index contributed by atoms with van der Waals surface area (Å²) < 4.78 is 19.2. The van der Waals surface area contributed by atoms with Gasteiger partial charge in [0, 0.05) is 25.3 Å². The first kappa shape index (κ1) is 22.8. The van der Waals surface area contributed by atoms with Crippen LogP contribution in [-0.4, -0.2) is 51.5 Å². The van der Waals surface area contributed by atoms with E-state index in [2.05, 4.69) is 10.3 Å². The van der Waals surface area contributed by atoms with Gasteiger partial charge in [-0.3, -0.25) is 4.79 Å². The summed E-state index contributed by atoms with van der Waals surface area (Å²) in [5, 5.41) is 2.93. The molecule has 0 radical (unpaired) electrons. The minimum absolute atomic E-state index is 0.0256. The Hall–Kier alpha value is -3.42. The fraction of sp³-hybridized carbons (Fsp3) is 0.400. The predicted octanol–water partition coefficient (Wildman–Crippen LogP) is 4.29. The normalized spacial score (nSPS) is 18.7. The number of benzene rings is 1. The molecule has 1 aliphatic carbocycles. The van der Waals surface area contributed by atoms with Crippen LogP contribution in [0.4, 0.5) is 9.18 Å². The Balaban J connectivity index is 0.000000318. The minimum Gasteiger partial charge on any atom is -0.446 e. The van der Waals surface area contributed by atoms with Crippen LogP contribution in [-0.2, 0) is 4.74 Å². The number of nitrogens with one attached hydrogen (secondary N) is 1. The second-order valence-electron chi connectivity index (χ2n) is 8.59. The van der Waals surface area contributed by atoms with E-state index >= 15 is 0 Å². The van der Waals surface area contributed by atoms with Gasteiger partial charge in [0.25, 0.3) is 5.91 Å². The van der Waals surface area contributed by atoms with Crippen LogP contribution >= 0.6 is 0 Å². The first-order chi connectivity index (χ1) is 16.0. The quantitative estimate of drug-likeness (QED) is 0.641. The molecule has 2 fully saturated rings. The highest BCUT2D eigenvalue weighted by atomic mass is 19.1. The lowest BCUT2D eigenvalue weighted by Crippen LogP contribution is -2.50. The molecule has 2 unspecified atom stereocenters. The van der Waals surface area contributed by atoms with Crippen molar-refractivity contribution in [1.29, 1.82) is 0 Å². The summed E-state index contributed by atoms with van der Waals surface area (Å²) in [4.78, 5) is 31.0. The number of hydrogen-bond acceptors (Lipinski definition) is 4. The molecule has 8 heteroatoms. The molecule has 2 aromatic heterocycles. The molecule has 2 amide bonds. The summed E-state index contributed by atoms with van der Waals surface area (Å²) >= 11 is 0. The Morgan fingerprint density at radius 3 is 2.64 bits per heavy atom. The molecule has 174 valence electrons. The Labute approximate surface area is 192 Å². The molecule has 1 aromatic carbocycles. The number of imidazole rings is 1. The largest absolute Gasteiger partial charge is 0.446 e. The van der Waals surface area contributed by atoms with Crippen molar-refractivity contribution in [3.8, 4) is 0 Å². The van der Waals surface area contributed by atoms with Crippen molar-refractivity contribution < 1.29 is 18.7 Å². The van der Waals surface area contributed by atoms with Crippen molar-refractivity contribution in [3.63, 3.8) is 0 Å². The standard InChI is InChI=1S/C19H24N4O3.C6H5F/c1-13(14-6-7-14)26-19(25)21-15-4-2-8-22(11-15)18(24)16-5-3-9-23-12-20-10-17(16)23;7-6-4-2-1-3-5-6/h3,5,9-10,12-15H,2,4,6-8,11H2,1H3,(H,21,25);1-5H. The molecule has 1 saturated heterocycles. The number of pyridine rings is 1. The van der Waals surface area contributed by atoms with E-state index in [0.717, 1.165) is 31.2 Å². The third kappa shape index (κ3) is 6.09. The van der Waals surface area contributed by atoms with Gasteiger partial charge in [-0.05, 0) is 62.8 Å². The SMILES string of the molecule is CC(OC(=O)NC1CCCN(C(=O)c2cccn3cncc23)C1)C1CC1.Fc1ccccc1. The number of ether oxygens (including phenoxy) is 1. The van der Waals surface area contributed by atoms with E-state index in [1.165, 1.54) is 12.1 Å². The van der Waals surface area contributed by atoms with Crippen molar-refractivity contribution in [2.24, 2.45) is 5.92 Å². The lowest BCUT2D eigenvalue weighted by molar-refractivity contribution is 0.0657. The van der Waals surface area contributed by atoms with Crippen LogP contribution in [0.5, 0.6) is 0 Å². The van der Waals surface area contributed by atoms with E-state index in [1.807, 2.05) is 29.7 Å². The number of likely N-dealkylation sites (tertiary alicyclic amines) is 1. The van der Waals surface area contributed by atoms with E-state index in [4.69, 9.17) is 4.74 Å². The molecule has 7 nitrogen and oxygen atoms in total. The van der Waals surface area contributed by atoms with E-state index < -0.39 is 0 Å². The number of hydrogen-bond donors (Lipinski definition) is 1. The number of nitrogens with zero attached hydrogens (tertiary/aromatic N) is 3. The number of piperidine rings is 1. The Morgan fingerprint density at radius 1 is 1.15 bits per heavy atom. The first-order valence-corrected chi connectivity index (χ1v) is 11.4. The van der Waals surface area contributed by atoms with Crippen molar-refractivity contribution in [2.45, 2.75) is 44.8 Å². The predicted molar refractivity (Wildman–Crippen MR) is 122 cm³/mol. The lowest BCUT2D eigenvalue weighted by atomic mass is 10.0. The number of amides is 2. The topological polar surface area (TPSA) is 75.9 Å². The van der Waals surface area contributed by atoms with Gasteiger partial charge in [0.15, 0.2) is 0 Å². The Morgan fingerprint density at radius 2 is 1.94 bits per heavy atom. The highest BCUT2D eigenvalue weighted by molar-refractivity contribution is 6.00. The summed E-state index contributed by atoms with van der Waals surface area (Å²) in [5.74, 6) is 0.311. The number of fused-ring (bicyclic) bond motifs is 1. The van der Waals surface area contributed by atoms with E-state index in [1.54, 1.807) is 35.6 Å². The highest BCUT2D eigenvalue weighted by Crippen LogP contribution is 2.34. The number of halogens is 1. The zero-order chi connectivity index (χ0) is 23.2. The average molecular weight is 453 g/mol. The summed E-state index contributed by atoms with van der Waals surface area (Å²) in [6, 6.07) is 11.5. The van der Waals surface area contributed by atoms with Crippen LogP contribution < -0.4 is 5.32 Å². The summed E-state index contributed by atoms with van der Waals surface area (Å²) in [6.45, 7) is 3.14. The summed E-state index contributed by atoms with van der Waals surface area (Å²) in [7, 11) is 0. The van der Waals surface area contributed by atoms with Gasteiger partial charge in [0.2, 0.25) is 0 Å². The number of carbonyl (C=O) groups excluding carboxylic acids is 2. The van der Waals surface area contributed by atoms with E-state index in [0.29, 0.717) is 24.6 Å². The van der Waals surface area contributed by atoms with Crippen LogP contribution in [0.3, 0.4) is 0 Å². The third-order valence-corrected chi connectivity index (χ3v) is 6.02. The molecule has 2 aliphatic rings. The Bertz CT molecular complexity index is 1080. The number of carbonyl (C=O) groups is 2. The maximum atomic E-state index is 13.0. The second-order valence-corrected chi connectivity index (χ2v) is 8.59. The first-order valence-electron chi connectivity index (χ1n) is 11.4. The van der Waals surface area contributed by atoms with Gasteiger partial charge in [-0.2, -0.15) is 0 Å². The van der Waals surface area contributed by atoms with Gasteiger partial charge >= 0.3 is 6.09 Å². The fourth-order valence-electron chi connectivity index (χ4n) is 4.03. The maximum Gasteiger partial charge on any atom is 0.407 e. The summed E-state index contributed by atoms with van der Waals surface area (Å²) in [5.41, 5.74) is 1.43. The monoisotopic (exact) mass is 452 g/mol. The molecule has 1 N–H and O–H groups in total. The van der Waals surface area contributed by atoms with Gasteiger partial charge < -0.3 is 19.4 Å². The zero-order valence-electron chi connectivity index (χ0n) is 18.7. The third-order valence-electron chi connectivity index (χ3n) is 6.02. The smallest absolute Gasteiger partial charge is 0.407 e. The maximum absolute atomic E-state index is 13.0. The molecule has 0 bridgehead atoms. The zero-order valence-corrected chi connectivity index (χ0v) is 18.7. The van der Waals surface area contributed by atoms with Crippen LogP contribution in [0.2, 0.25) is 0 Å². The van der Waals surface area contributed by atoms with Gasteiger partial charge in [0.05, 0.1) is 23.6 Å². The minimum atomic E-state index is -0.374. The molecule has 0 spiro atoms. The van der Waals surface area contributed by atoms with Crippen LogP contribution in [0.1, 0.15) is 43.0 Å². The second kappa shape index (κ2) is 10.5. The number of aromatic nitrogens is 2. The van der Waals surface area contributed by atoms with Gasteiger partial charge in [-0.15, -0.1) is 0 Å². The van der Waals surface area contributed by atoms with Gasteiger partial charge in [0.1, 0.15) is 11.9 Å². The molecule has 3 aromatic rings. The van der Waals surface area contributed by atoms with Crippen LogP contribution in [0.25, 0.3) is 5.52 Å². The molecule has 2 atom stereocenters. The fourth-order valence-corrected chi connectivity index (χ4v) is 4.03. The van der Waals surface area contributed by atoms with Crippen LogP contribution in [0, 0.1) is 11.7 Å². The average Bonchev–Trinajstić information content (AvgIpc) is 3.56.